The second-order valence-corrected chi connectivity index (χ2v) is 5.81. The van der Waals surface area contributed by atoms with Crippen molar-refractivity contribution >= 4 is 5.97 Å². The van der Waals surface area contributed by atoms with Crippen molar-refractivity contribution < 1.29 is 41.4 Å². The van der Waals surface area contributed by atoms with Crippen LogP contribution in [0.5, 0.6) is 0 Å². The van der Waals surface area contributed by atoms with Crippen LogP contribution in [0.15, 0.2) is 5.11 Å². The fraction of sp³-hybridized carbons (Fsp3) is 0.929. The first-order valence-corrected chi connectivity index (χ1v) is 7.99. The Bertz CT molecular complexity index is 478. The summed E-state index contributed by atoms with van der Waals surface area (Å²) < 4.78 is 71.6. The number of azide groups is 1. The molecule has 7 nitrogen and oxygen atoms in total. The van der Waals surface area contributed by atoms with E-state index in [-0.39, 0.29) is 6.42 Å². The fourth-order valence-corrected chi connectivity index (χ4v) is 2.22. The van der Waals surface area contributed by atoms with Crippen molar-refractivity contribution in [3.63, 3.8) is 0 Å². The molecule has 4 N–H and O–H groups in total. The van der Waals surface area contributed by atoms with E-state index in [1.54, 1.807) is 6.92 Å². The van der Waals surface area contributed by atoms with E-state index in [1.165, 1.54) is 6.92 Å². The third-order valence-corrected chi connectivity index (χ3v) is 3.73. The molecule has 0 rings (SSSR count). The minimum Gasteiger partial charge on any atom is -0.481 e. The van der Waals surface area contributed by atoms with Crippen molar-refractivity contribution in [2.75, 3.05) is 6.61 Å². The molecule has 0 saturated carbocycles. The highest BCUT2D eigenvalue weighted by molar-refractivity contribution is 5.74. The minimum absolute atomic E-state index is 0.0184. The maximum Gasteiger partial charge on any atom is 0.389 e. The number of nitrogens with two attached hydrogens (primary N) is 1. The van der Waals surface area contributed by atoms with Crippen LogP contribution in [0.1, 0.15) is 39.5 Å². The second-order valence-electron chi connectivity index (χ2n) is 5.81. The third kappa shape index (κ3) is 14.1. The highest BCUT2D eigenvalue weighted by atomic mass is 19.4. The second kappa shape index (κ2) is 12.6. The number of hydrogen-bond donors (Lipinski definition) is 3. The summed E-state index contributed by atoms with van der Waals surface area (Å²) >= 11 is 0. The van der Waals surface area contributed by atoms with E-state index in [1.807, 2.05) is 0 Å². The summed E-state index contributed by atoms with van der Waals surface area (Å²) in [5.74, 6) is -3.43. The van der Waals surface area contributed by atoms with Gasteiger partial charge in [0.1, 0.15) is 6.04 Å². The molecular weight excluding hydrogens is 386 g/mol. The van der Waals surface area contributed by atoms with Gasteiger partial charge in [0, 0.05) is 23.8 Å². The monoisotopic (exact) mass is 410 g/mol. The molecule has 0 bridgehead atoms. The zero-order valence-corrected chi connectivity index (χ0v) is 14.8. The molecule has 0 heterocycles. The Hall–Kier alpha value is -1.72. The van der Waals surface area contributed by atoms with Crippen LogP contribution >= 0.6 is 0 Å². The Labute approximate surface area is 152 Å². The van der Waals surface area contributed by atoms with Gasteiger partial charge in [0.05, 0.1) is 6.61 Å². The maximum absolute atomic E-state index is 12.0. The number of alkyl halides is 6. The molecule has 0 aliphatic heterocycles. The number of hydrogen-bond acceptors (Lipinski definition) is 4. The van der Waals surface area contributed by atoms with Gasteiger partial charge in [0.15, 0.2) is 0 Å². The Kier molecular flexibility index (Phi) is 12.9. The highest BCUT2D eigenvalue weighted by Crippen LogP contribution is 2.30. The maximum atomic E-state index is 12.0. The van der Waals surface area contributed by atoms with E-state index in [9.17, 15) is 31.1 Å². The summed E-state index contributed by atoms with van der Waals surface area (Å²) in [6, 6.07) is -2.43. The predicted molar refractivity (Wildman–Crippen MR) is 84.5 cm³/mol. The molecule has 0 fully saturated rings. The van der Waals surface area contributed by atoms with Gasteiger partial charge in [-0.2, -0.15) is 26.3 Å². The summed E-state index contributed by atoms with van der Waals surface area (Å²) in [5.41, 5.74) is 13.3. The Morgan fingerprint density at radius 1 is 1.07 bits per heavy atom. The average molecular weight is 410 g/mol. The van der Waals surface area contributed by atoms with Gasteiger partial charge in [-0.15, -0.1) is 0 Å². The van der Waals surface area contributed by atoms with Crippen molar-refractivity contribution in [1.29, 1.82) is 0 Å². The number of aliphatic hydroxyl groups excluding tert-OH is 1. The number of aliphatic hydroxyl groups is 1. The van der Waals surface area contributed by atoms with Gasteiger partial charge in [-0.1, -0.05) is 31.8 Å². The van der Waals surface area contributed by atoms with E-state index in [2.05, 4.69) is 10.0 Å². The Morgan fingerprint density at radius 2 is 1.48 bits per heavy atom. The lowest BCUT2D eigenvalue weighted by Crippen LogP contribution is -2.36. The molecule has 0 radical (unpaired) electrons. The van der Waals surface area contributed by atoms with Crippen molar-refractivity contribution in [2.45, 2.75) is 64.0 Å². The highest BCUT2D eigenvalue weighted by Gasteiger charge is 2.37. The van der Waals surface area contributed by atoms with Crippen LogP contribution in [-0.4, -0.2) is 47.2 Å². The van der Waals surface area contributed by atoms with Gasteiger partial charge in [0.2, 0.25) is 0 Å². The number of nitrogens with zero attached hydrogens (tertiary/aromatic N) is 3. The zero-order valence-electron chi connectivity index (χ0n) is 14.8. The van der Waals surface area contributed by atoms with E-state index < -0.39 is 61.7 Å². The molecule has 27 heavy (non-hydrogen) atoms. The fourth-order valence-electron chi connectivity index (χ4n) is 2.22. The number of rotatable bonds is 9. The lowest BCUT2D eigenvalue weighted by Gasteiger charge is -2.21. The Morgan fingerprint density at radius 3 is 1.74 bits per heavy atom. The first kappa shape index (κ1) is 27.5. The molecule has 0 aliphatic carbocycles. The first-order chi connectivity index (χ1) is 12.2. The number of carboxylic acids is 1. The summed E-state index contributed by atoms with van der Waals surface area (Å²) in [7, 11) is 0. The third-order valence-electron chi connectivity index (χ3n) is 3.73. The predicted octanol–water partition coefficient (Wildman–Crippen LogP) is 4.01. The van der Waals surface area contributed by atoms with Gasteiger partial charge < -0.3 is 15.9 Å². The molecule has 0 amide bonds. The molecule has 160 valence electrons. The van der Waals surface area contributed by atoms with Gasteiger partial charge in [-0.05, 0) is 17.4 Å². The van der Waals surface area contributed by atoms with E-state index in [0.717, 1.165) is 0 Å². The molecule has 0 aromatic rings. The topological polar surface area (TPSA) is 132 Å². The number of aliphatic carboxylic acids is 1. The van der Waals surface area contributed by atoms with Gasteiger partial charge >= 0.3 is 18.3 Å². The summed E-state index contributed by atoms with van der Waals surface area (Å²) in [5, 5.41) is 20.0. The van der Waals surface area contributed by atoms with Crippen LogP contribution in [0.3, 0.4) is 0 Å². The molecule has 1 unspecified atom stereocenters. The van der Waals surface area contributed by atoms with Gasteiger partial charge in [0.25, 0.3) is 0 Å². The summed E-state index contributed by atoms with van der Waals surface area (Å²) in [6.45, 7) is 2.65. The van der Waals surface area contributed by atoms with Crippen LogP contribution in [0.2, 0.25) is 0 Å². The van der Waals surface area contributed by atoms with E-state index >= 15 is 0 Å². The van der Waals surface area contributed by atoms with Crippen molar-refractivity contribution in [1.82, 2.24) is 0 Å². The zero-order chi connectivity index (χ0) is 21.8. The average Bonchev–Trinajstić information content (AvgIpc) is 2.53. The smallest absolute Gasteiger partial charge is 0.389 e. The molecule has 13 heteroatoms. The summed E-state index contributed by atoms with van der Waals surface area (Å²) in [6.07, 6.45) is -10.5. The van der Waals surface area contributed by atoms with Crippen LogP contribution in [0, 0.1) is 11.8 Å². The van der Waals surface area contributed by atoms with Crippen LogP contribution in [0.4, 0.5) is 26.3 Å². The molecule has 4 atom stereocenters. The van der Waals surface area contributed by atoms with Crippen molar-refractivity contribution in [3.8, 4) is 0 Å². The lowest BCUT2D eigenvalue weighted by molar-refractivity contribution is -0.153. The normalized spacial score (nSPS) is 16.2. The van der Waals surface area contributed by atoms with Crippen LogP contribution < -0.4 is 5.73 Å². The van der Waals surface area contributed by atoms with Gasteiger partial charge in [-0.3, -0.25) is 4.79 Å². The molecule has 0 aromatic carbocycles. The molecular formula is C14H24F6N4O3. The molecule has 0 aliphatic rings. The van der Waals surface area contributed by atoms with E-state index in [4.69, 9.17) is 21.5 Å². The molecule has 0 saturated heterocycles. The Balaban J connectivity index is 0. The summed E-state index contributed by atoms with van der Waals surface area (Å²) in [4.78, 5) is 12.8. The first-order valence-electron chi connectivity index (χ1n) is 7.99. The largest absolute Gasteiger partial charge is 0.481 e. The quantitative estimate of drug-likeness (QED) is 0.229. The standard InChI is InChI=1S/C7H10F3N3O2.C7H14F3NO/c1-2-4(3-7(8,9)10)5(6(14)15)12-13-11;1-2-5(6(11)4-12)3-7(8,9)10/h4-5H,2-3H2,1H3,(H,14,15);5-6,12H,2-4,11H2,1H3/t4-,5?;5-,6+/m00/s1. The van der Waals surface area contributed by atoms with Crippen LogP contribution in [0.25, 0.3) is 10.4 Å². The van der Waals surface area contributed by atoms with Gasteiger partial charge in [-0.25, -0.2) is 0 Å². The minimum atomic E-state index is -4.46. The van der Waals surface area contributed by atoms with Crippen molar-refractivity contribution in [3.05, 3.63) is 10.4 Å². The number of carboxylic acid groups (broad SMARTS) is 1. The lowest BCUT2D eigenvalue weighted by atomic mass is 9.94. The number of carbonyl (C=O) groups is 1. The molecule has 0 aromatic heterocycles. The SMILES string of the molecule is CC[C@@H](CC(F)(F)F)C(N=[N+]=[N-])C(=O)O.CC[C@@H](CC(F)(F)F)[C@H](N)CO. The molecule has 0 spiro atoms. The van der Waals surface area contributed by atoms with Crippen molar-refractivity contribution in [2.24, 2.45) is 22.7 Å². The van der Waals surface area contributed by atoms with E-state index in [0.29, 0.717) is 6.42 Å². The number of halogens is 6. The van der Waals surface area contributed by atoms with Crippen LogP contribution in [-0.2, 0) is 4.79 Å².